The van der Waals surface area contributed by atoms with Gasteiger partial charge in [-0.15, -0.1) is 0 Å². The number of fused-ring (bicyclic) bond motifs is 1. The second-order valence-corrected chi connectivity index (χ2v) is 9.06. The number of pyridine rings is 1. The van der Waals surface area contributed by atoms with Crippen LogP contribution in [-0.2, 0) is 24.1 Å². The quantitative estimate of drug-likeness (QED) is 0.304. The summed E-state index contributed by atoms with van der Waals surface area (Å²) in [6.07, 6.45) is -3.41. The third-order valence-corrected chi connectivity index (χ3v) is 6.29. The van der Waals surface area contributed by atoms with Gasteiger partial charge in [0.1, 0.15) is 30.6 Å². The van der Waals surface area contributed by atoms with Crippen LogP contribution in [0, 0.1) is 11.6 Å². The molecule has 3 heterocycles. The van der Waals surface area contributed by atoms with Crippen LogP contribution in [0.25, 0.3) is 0 Å². The lowest BCUT2D eigenvalue weighted by Gasteiger charge is -2.28. The normalized spacial score (nSPS) is 14.8. The van der Waals surface area contributed by atoms with Crippen molar-refractivity contribution in [2.45, 2.75) is 25.4 Å². The second-order valence-electron chi connectivity index (χ2n) is 8.65. The fourth-order valence-electron chi connectivity index (χ4n) is 4.20. The molecule has 0 saturated carbocycles. The fraction of sp³-hybridized carbons (Fsp3) is 0.154. The first-order valence-electron chi connectivity index (χ1n) is 11.6. The van der Waals surface area contributed by atoms with Crippen molar-refractivity contribution in [3.05, 3.63) is 106 Å². The summed E-state index contributed by atoms with van der Waals surface area (Å²) in [7, 11) is 0. The van der Waals surface area contributed by atoms with Crippen LogP contribution in [0.1, 0.15) is 39.0 Å². The first-order valence-corrected chi connectivity index (χ1v) is 11.9. The van der Waals surface area contributed by atoms with Gasteiger partial charge in [-0.1, -0.05) is 17.7 Å². The molecule has 1 atom stereocenters. The number of nitrogens with one attached hydrogen (secondary N) is 2. The molecule has 40 heavy (non-hydrogen) atoms. The molecular weight excluding hydrogens is 561 g/mol. The number of alkyl halides is 3. The average molecular weight is 578 g/mol. The first-order chi connectivity index (χ1) is 19.0. The van der Waals surface area contributed by atoms with E-state index in [1.807, 2.05) is 0 Å². The zero-order chi connectivity index (χ0) is 28.6. The van der Waals surface area contributed by atoms with Gasteiger partial charge in [-0.3, -0.25) is 9.59 Å². The molecule has 206 valence electrons. The topological polar surface area (TPSA) is 98.1 Å². The summed E-state index contributed by atoms with van der Waals surface area (Å²) in [4.78, 5) is 34.1. The minimum Gasteiger partial charge on any atom is -0.469 e. The third-order valence-electron chi connectivity index (χ3n) is 5.94. The van der Waals surface area contributed by atoms with Gasteiger partial charge < -0.3 is 19.9 Å². The molecule has 8 nitrogen and oxygen atoms in total. The summed E-state index contributed by atoms with van der Waals surface area (Å²) in [5.41, 5.74) is -1.70. The minimum atomic E-state index is -4.90. The van der Waals surface area contributed by atoms with E-state index in [2.05, 4.69) is 20.6 Å². The first kappa shape index (κ1) is 27.1. The number of carbonyl (C=O) groups excluding carboxylic acids is 2. The largest absolute Gasteiger partial charge is 0.469 e. The lowest BCUT2D eigenvalue weighted by molar-refractivity contribution is -0.137. The predicted molar refractivity (Wildman–Crippen MR) is 132 cm³/mol. The van der Waals surface area contributed by atoms with Crippen LogP contribution >= 0.6 is 11.6 Å². The molecule has 2 aromatic heterocycles. The second kappa shape index (κ2) is 10.6. The predicted octanol–water partition coefficient (Wildman–Crippen LogP) is 5.28. The molecule has 0 aliphatic carbocycles. The molecule has 2 aromatic carbocycles. The molecule has 0 spiro atoms. The van der Waals surface area contributed by atoms with Gasteiger partial charge in [-0.2, -0.15) is 13.2 Å². The number of hydrogen-bond donors (Lipinski definition) is 2. The summed E-state index contributed by atoms with van der Waals surface area (Å²) in [6.45, 7) is -0.504. The van der Waals surface area contributed by atoms with E-state index < -0.39 is 46.8 Å². The summed E-state index contributed by atoms with van der Waals surface area (Å²) < 4.78 is 74.9. The number of carbonyl (C=O) groups is 2. The molecule has 0 fully saturated rings. The molecule has 1 aliphatic rings. The van der Waals surface area contributed by atoms with E-state index in [1.54, 1.807) is 18.2 Å². The Labute approximate surface area is 227 Å². The maximum Gasteiger partial charge on any atom is 0.416 e. The Hall–Kier alpha value is -4.52. The van der Waals surface area contributed by atoms with Gasteiger partial charge in [-0.05, 0) is 42.5 Å². The van der Waals surface area contributed by atoms with Crippen LogP contribution in [0.2, 0.25) is 5.02 Å². The number of aromatic nitrogens is 3. The van der Waals surface area contributed by atoms with Gasteiger partial charge in [0, 0.05) is 28.4 Å². The number of ether oxygens (including phenoxy) is 1. The number of imidazole rings is 1. The van der Waals surface area contributed by atoms with Crippen molar-refractivity contribution < 1.29 is 36.3 Å². The number of anilines is 1. The van der Waals surface area contributed by atoms with Crippen LogP contribution in [0.3, 0.4) is 0 Å². The average Bonchev–Trinajstić information content (AvgIpc) is 3.24. The van der Waals surface area contributed by atoms with E-state index in [9.17, 15) is 31.5 Å². The smallest absolute Gasteiger partial charge is 0.416 e. The summed E-state index contributed by atoms with van der Waals surface area (Å²) in [5.74, 6) is -3.35. The van der Waals surface area contributed by atoms with Crippen LogP contribution in [0.15, 0.2) is 60.8 Å². The standard InChI is InChI=1S/C26H17ClF5N5O3/c27-18-5-4-15(28)10-17(18)22-23-24(36-25(39)13-7-14(26(30,31)32)9-16(29)8-13)34-19(37(23)11-20(38)35-22)12-40-21-3-1-2-6-33-21/h1-10,22H,11-12H2,(H,35,38)(H,36,39)/t22-/m0/s1. The highest BCUT2D eigenvalue weighted by atomic mass is 35.5. The van der Waals surface area contributed by atoms with Crippen LogP contribution in [0.4, 0.5) is 27.8 Å². The Balaban J connectivity index is 1.58. The van der Waals surface area contributed by atoms with E-state index in [0.717, 1.165) is 12.1 Å². The molecule has 0 saturated heterocycles. The molecule has 2 amide bonds. The third kappa shape index (κ3) is 5.59. The van der Waals surface area contributed by atoms with E-state index >= 15 is 0 Å². The summed E-state index contributed by atoms with van der Waals surface area (Å²) in [5, 5.41) is 5.15. The fourth-order valence-corrected chi connectivity index (χ4v) is 4.43. The number of nitrogens with zero attached hydrogens (tertiary/aromatic N) is 3. The number of hydrogen-bond acceptors (Lipinski definition) is 5. The van der Waals surface area contributed by atoms with Gasteiger partial charge in [0.25, 0.3) is 5.91 Å². The molecule has 5 rings (SSSR count). The zero-order valence-corrected chi connectivity index (χ0v) is 20.9. The van der Waals surface area contributed by atoms with Crippen LogP contribution in [0.5, 0.6) is 5.88 Å². The molecular formula is C26H17ClF5N5O3. The maximum absolute atomic E-state index is 14.2. The van der Waals surface area contributed by atoms with Gasteiger partial charge in [0.15, 0.2) is 5.82 Å². The zero-order valence-electron chi connectivity index (χ0n) is 20.1. The Bertz CT molecular complexity index is 1610. The monoisotopic (exact) mass is 577 g/mol. The molecule has 0 radical (unpaired) electrons. The molecule has 0 bridgehead atoms. The Morgan fingerprint density at radius 3 is 2.65 bits per heavy atom. The van der Waals surface area contributed by atoms with E-state index in [-0.39, 0.29) is 53.0 Å². The molecule has 1 aliphatic heterocycles. The number of rotatable bonds is 6. The van der Waals surface area contributed by atoms with Crippen molar-refractivity contribution in [2.75, 3.05) is 5.32 Å². The highest BCUT2D eigenvalue weighted by molar-refractivity contribution is 6.31. The Morgan fingerprint density at radius 2 is 1.93 bits per heavy atom. The van der Waals surface area contributed by atoms with Crippen molar-refractivity contribution in [3.63, 3.8) is 0 Å². The van der Waals surface area contributed by atoms with Gasteiger partial charge >= 0.3 is 6.18 Å². The number of halogens is 6. The van der Waals surface area contributed by atoms with Gasteiger partial charge in [0.2, 0.25) is 11.8 Å². The SMILES string of the molecule is O=C1Cn2c(COc3ccccn3)nc(NC(=O)c3cc(F)cc(C(F)(F)F)c3)c2[C@H](c2cc(F)ccc2Cl)N1. The van der Waals surface area contributed by atoms with Crippen molar-refractivity contribution in [1.82, 2.24) is 19.9 Å². The van der Waals surface area contributed by atoms with E-state index in [4.69, 9.17) is 16.3 Å². The maximum atomic E-state index is 14.2. The van der Waals surface area contributed by atoms with Crippen molar-refractivity contribution in [1.29, 1.82) is 0 Å². The van der Waals surface area contributed by atoms with Crippen molar-refractivity contribution >= 4 is 29.2 Å². The van der Waals surface area contributed by atoms with E-state index in [1.165, 1.54) is 16.8 Å². The molecule has 2 N–H and O–H groups in total. The van der Waals surface area contributed by atoms with Crippen molar-refractivity contribution in [2.24, 2.45) is 0 Å². The van der Waals surface area contributed by atoms with Crippen LogP contribution in [-0.4, -0.2) is 26.3 Å². The summed E-state index contributed by atoms with van der Waals surface area (Å²) >= 11 is 6.31. The minimum absolute atomic E-state index is 0.0878. The number of benzene rings is 2. The van der Waals surface area contributed by atoms with Crippen LogP contribution < -0.4 is 15.4 Å². The molecule has 14 heteroatoms. The Kier molecular flexibility index (Phi) is 7.15. The van der Waals surface area contributed by atoms with Gasteiger partial charge in [-0.25, -0.2) is 18.7 Å². The Morgan fingerprint density at radius 1 is 1.12 bits per heavy atom. The highest BCUT2D eigenvalue weighted by Gasteiger charge is 2.35. The lowest BCUT2D eigenvalue weighted by atomic mass is 10.0. The molecule has 4 aromatic rings. The number of amides is 2. The lowest BCUT2D eigenvalue weighted by Crippen LogP contribution is -2.40. The highest BCUT2D eigenvalue weighted by Crippen LogP contribution is 2.37. The van der Waals surface area contributed by atoms with E-state index in [0.29, 0.717) is 12.1 Å². The molecule has 0 unspecified atom stereocenters. The summed E-state index contributed by atoms with van der Waals surface area (Å²) in [6, 6.07) is 8.70. The van der Waals surface area contributed by atoms with Crippen molar-refractivity contribution in [3.8, 4) is 5.88 Å². The van der Waals surface area contributed by atoms with Gasteiger partial charge in [0.05, 0.1) is 17.3 Å².